The molecule has 0 atom stereocenters. The Morgan fingerprint density at radius 3 is 2.15 bits per heavy atom. The number of ether oxygens (including phenoxy) is 3. The highest BCUT2D eigenvalue weighted by Crippen LogP contribution is 2.37. The molecule has 1 aliphatic heterocycles. The number of carbonyl (C=O) groups excluding carboxylic acids is 3. The minimum atomic E-state index is -0.996. The molecule has 1 saturated heterocycles. The third-order valence-corrected chi connectivity index (χ3v) is 7.24. The van der Waals surface area contributed by atoms with Crippen molar-refractivity contribution in [3.63, 3.8) is 0 Å². The molecule has 46 heavy (non-hydrogen) atoms. The van der Waals surface area contributed by atoms with Crippen LogP contribution in [0.3, 0.4) is 0 Å². The molecule has 11 nitrogen and oxygen atoms in total. The summed E-state index contributed by atoms with van der Waals surface area (Å²) < 4.78 is 17.7. The molecular weight excluding hydrogens is 637 g/mol. The number of nitrogens with zero attached hydrogens (tertiary/aromatic N) is 2. The van der Waals surface area contributed by atoms with Gasteiger partial charge >= 0.3 is 6.03 Å². The maximum atomic E-state index is 13.2. The van der Waals surface area contributed by atoms with Gasteiger partial charge < -0.3 is 14.2 Å². The first kappa shape index (κ1) is 32.0. The molecule has 0 aromatic heterocycles. The molecule has 0 aliphatic carbocycles. The minimum Gasteiger partial charge on any atom is -0.490 e. The molecule has 0 spiro atoms. The predicted octanol–water partition coefficient (Wildman–Crippen LogP) is 7.12. The van der Waals surface area contributed by atoms with E-state index in [0.717, 1.165) is 23.3 Å². The quantitative estimate of drug-likeness (QED) is 0.0776. The Kier molecular flexibility index (Phi) is 9.85. The van der Waals surface area contributed by atoms with Crippen LogP contribution in [0.5, 0.6) is 17.2 Å². The fraction of sp³-hybridized carbons (Fsp3) is 0.121. The van der Waals surface area contributed by atoms with Crippen molar-refractivity contribution in [2.75, 3.05) is 11.5 Å². The van der Waals surface area contributed by atoms with Crippen LogP contribution in [0.15, 0.2) is 90.5 Å². The Balaban J connectivity index is 1.31. The van der Waals surface area contributed by atoms with E-state index in [-0.39, 0.29) is 44.9 Å². The first-order valence-electron chi connectivity index (χ1n) is 13.8. The molecular formula is C33H25Cl2N3O8. The SMILES string of the molecule is CCOc1cc(COc2c(Cl)cc(/C=C3/C(=O)NC(=O)N(c4ccc([N+](=O)[O-])cc4)C3=O)cc2Cl)ccc1OCc1ccccc1. The number of imide groups is 2. The van der Waals surface area contributed by atoms with Gasteiger partial charge in [-0.2, -0.15) is 0 Å². The smallest absolute Gasteiger partial charge is 0.335 e. The van der Waals surface area contributed by atoms with E-state index in [1.165, 1.54) is 30.3 Å². The molecule has 0 radical (unpaired) electrons. The Bertz CT molecular complexity index is 1820. The summed E-state index contributed by atoms with van der Waals surface area (Å²) in [7, 11) is 0. The molecule has 13 heteroatoms. The predicted molar refractivity (Wildman–Crippen MR) is 171 cm³/mol. The molecule has 1 N–H and O–H groups in total. The molecule has 1 aliphatic rings. The van der Waals surface area contributed by atoms with Crippen molar-refractivity contribution in [2.45, 2.75) is 20.1 Å². The number of nitro benzene ring substituents is 1. The van der Waals surface area contributed by atoms with Crippen LogP contribution in [-0.4, -0.2) is 29.4 Å². The molecule has 4 amide bonds. The van der Waals surface area contributed by atoms with Crippen molar-refractivity contribution in [3.05, 3.63) is 127 Å². The monoisotopic (exact) mass is 661 g/mol. The number of halogens is 2. The number of anilines is 1. The number of hydrogen-bond donors (Lipinski definition) is 1. The highest BCUT2D eigenvalue weighted by atomic mass is 35.5. The lowest BCUT2D eigenvalue weighted by Crippen LogP contribution is -2.54. The fourth-order valence-corrected chi connectivity index (χ4v) is 5.12. The Hall–Kier alpha value is -5.39. The summed E-state index contributed by atoms with van der Waals surface area (Å²) in [6.07, 6.45) is 1.23. The summed E-state index contributed by atoms with van der Waals surface area (Å²) in [5.41, 5.74) is 1.49. The Morgan fingerprint density at radius 2 is 1.50 bits per heavy atom. The number of barbiturate groups is 1. The van der Waals surface area contributed by atoms with Crippen molar-refractivity contribution in [3.8, 4) is 17.2 Å². The van der Waals surface area contributed by atoms with Crippen molar-refractivity contribution < 1.29 is 33.5 Å². The number of non-ortho nitro benzene ring substituents is 1. The van der Waals surface area contributed by atoms with Crippen LogP contribution in [0.1, 0.15) is 23.6 Å². The first-order valence-corrected chi connectivity index (χ1v) is 14.6. The van der Waals surface area contributed by atoms with Crippen LogP contribution >= 0.6 is 23.2 Å². The van der Waals surface area contributed by atoms with E-state index in [0.29, 0.717) is 29.6 Å². The average molecular weight is 662 g/mol. The van der Waals surface area contributed by atoms with E-state index in [9.17, 15) is 24.5 Å². The van der Waals surface area contributed by atoms with Gasteiger partial charge in [0.25, 0.3) is 17.5 Å². The summed E-state index contributed by atoms with van der Waals surface area (Å²) in [4.78, 5) is 49.3. The topological polar surface area (TPSA) is 137 Å². The Morgan fingerprint density at radius 1 is 0.826 bits per heavy atom. The fourth-order valence-electron chi connectivity index (χ4n) is 4.50. The third-order valence-electron chi connectivity index (χ3n) is 6.68. The van der Waals surface area contributed by atoms with Crippen molar-refractivity contribution >= 4 is 58.5 Å². The van der Waals surface area contributed by atoms with Crippen LogP contribution < -0.4 is 24.4 Å². The molecule has 1 heterocycles. The zero-order chi connectivity index (χ0) is 32.8. The maximum Gasteiger partial charge on any atom is 0.335 e. The van der Waals surface area contributed by atoms with Gasteiger partial charge in [-0.05, 0) is 66.1 Å². The standard InChI is InChI=1S/C33H25Cl2N3O8/c1-2-44-29-17-21(8-13-28(29)45-18-20-6-4-3-5-7-20)19-46-30-26(34)15-22(16-27(30)35)14-25-31(39)36-33(41)37(32(25)40)23-9-11-24(12-10-23)38(42)43/h3-17H,2,18-19H2,1H3,(H,36,39,41)/b25-14-. The molecule has 4 aromatic rings. The van der Waals surface area contributed by atoms with Gasteiger partial charge in [0.05, 0.1) is 27.3 Å². The summed E-state index contributed by atoms with van der Waals surface area (Å²) in [5, 5.41) is 13.3. The highest BCUT2D eigenvalue weighted by Gasteiger charge is 2.37. The third kappa shape index (κ3) is 7.28. The van der Waals surface area contributed by atoms with Crippen molar-refractivity contribution in [1.82, 2.24) is 5.32 Å². The molecule has 0 saturated carbocycles. The van der Waals surface area contributed by atoms with E-state index in [1.807, 2.05) is 43.3 Å². The number of nitrogens with one attached hydrogen (secondary N) is 1. The second-order valence-corrected chi connectivity index (χ2v) is 10.6. The summed E-state index contributed by atoms with van der Waals surface area (Å²) in [5.74, 6) is -0.554. The molecule has 1 fully saturated rings. The number of carbonyl (C=O) groups is 3. The number of hydrogen-bond acceptors (Lipinski definition) is 8. The maximum absolute atomic E-state index is 13.2. The minimum absolute atomic E-state index is 0.0367. The lowest BCUT2D eigenvalue weighted by molar-refractivity contribution is -0.384. The van der Waals surface area contributed by atoms with E-state index >= 15 is 0 Å². The van der Waals surface area contributed by atoms with Gasteiger partial charge in [0.1, 0.15) is 18.8 Å². The van der Waals surface area contributed by atoms with Gasteiger partial charge in [0.15, 0.2) is 17.2 Å². The zero-order valence-electron chi connectivity index (χ0n) is 24.2. The van der Waals surface area contributed by atoms with Crippen molar-refractivity contribution in [1.29, 1.82) is 0 Å². The van der Waals surface area contributed by atoms with E-state index in [2.05, 4.69) is 5.32 Å². The molecule has 5 rings (SSSR count). The number of benzene rings is 4. The van der Waals surface area contributed by atoms with Crippen molar-refractivity contribution in [2.24, 2.45) is 0 Å². The summed E-state index contributed by atoms with van der Waals surface area (Å²) in [6.45, 7) is 2.77. The van der Waals surface area contributed by atoms with Crippen LogP contribution in [0.2, 0.25) is 10.0 Å². The van der Waals surface area contributed by atoms with Gasteiger partial charge in [-0.15, -0.1) is 0 Å². The number of nitro groups is 1. The van der Waals surface area contributed by atoms with Gasteiger partial charge in [0.2, 0.25) is 0 Å². The molecule has 4 aromatic carbocycles. The normalized spacial score (nSPS) is 13.8. The largest absolute Gasteiger partial charge is 0.490 e. The van der Waals surface area contributed by atoms with Crippen LogP contribution in [-0.2, 0) is 22.8 Å². The second-order valence-electron chi connectivity index (χ2n) is 9.82. The Labute approximate surface area is 273 Å². The molecule has 0 bridgehead atoms. The lowest BCUT2D eigenvalue weighted by Gasteiger charge is -2.26. The van der Waals surface area contributed by atoms with Gasteiger partial charge in [-0.3, -0.25) is 25.0 Å². The van der Waals surface area contributed by atoms with Gasteiger partial charge in [-0.25, -0.2) is 9.69 Å². The average Bonchev–Trinajstić information content (AvgIpc) is 3.03. The summed E-state index contributed by atoms with van der Waals surface area (Å²) >= 11 is 13.0. The lowest BCUT2D eigenvalue weighted by atomic mass is 10.1. The van der Waals surface area contributed by atoms with Crippen LogP contribution in [0.25, 0.3) is 6.08 Å². The molecule has 234 valence electrons. The number of rotatable bonds is 11. The number of amides is 4. The number of urea groups is 1. The van der Waals surface area contributed by atoms with Crippen LogP contribution in [0.4, 0.5) is 16.2 Å². The summed E-state index contributed by atoms with van der Waals surface area (Å²) in [6, 6.07) is 21.8. The zero-order valence-corrected chi connectivity index (χ0v) is 25.7. The second kappa shape index (κ2) is 14.1. The van der Waals surface area contributed by atoms with Gasteiger partial charge in [0, 0.05) is 12.1 Å². The van der Waals surface area contributed by atoms with Gasteiger partial charge in [-0.1, -0.05) is 59.6 Å². The first-order chi connectivity index (χ1) is 22.1. The molecule has 0 unspecified atom stereocenters. The van der Waals surface area contributed by atoms with E-state index in [1.54, 1.807) is 12.1 Å². The highest BCUT2D eigenvalue weighted by molar-refractivity contribution is 6.40. The van der Waals surface area contributed by atoms with Crippen LogP contribution in [0, 0.1) is 10.1 Å². The van der Waals surface area contributed by atoms with E-state index < -0.39 is 22.8 Å². The van der Waals surface area contributed by atoms with E-state index in [4.69, 9.17) is 37.4 Å².